The van der Waals surface area contributed by atoms with E-state index < -0.39 is 0 Å². The summed E-state index contributed by atoms with van der Waals surface area (Å²) in [6, 6.07) is 5.82. The van der Waals surface area contributed by atoms with Gasteiger partial charge < -0.3 is 9.80 Å². The largest absolute Gasteiger partial charge is 0.336 e. The molecule has 3 nitrogen and oxygen atoms in total. The van der Waals surface area contributed by atoms with E-state index in [2.05, 4.69) is 9.80 Å². The molecule has 6 heteroatoms. The van der Waals surface area contributed by atoms with Crippen LogP contribution in [0.1, 0.15) is 31.2 Å². The molecule has 2 fully saturated rings. The highest BCUT2D eigenvalue weighted by Crippen LogP contribution is 2.29. The Hall–Kier alpha value is -0.420. The molecule has 2 aliphatic rings. The van der Waals surface area contributed by atoms with Crippen molar-refractivity contribution in [2.24, 2.45) is 0 Å². The van der Waals surface area contributed by atoms with Gasteiger partial charge >= 0.3 is 0 Å². The molecule has 1 aromatic rings. The standard InChI is InChI=1S/C18H24Cl2N2OS/c1-13(14-4-5-16(19)17(20)10-14)18(23)22-8-9-24-12-15(22)11-21-6-2-3-7-21/h4-5,10,13,15H,2-3,6-9,11-12H2,1H3. The smallest absolute Gasteiger partial charge is 0.230 e. The van der Waals surface area contributed by atoms with E-state index in [-0.39, 0.29) is 11.8 Å². The van der Waals surface area contributed by atoms with Crippen molar-refractivity contribution in [1.29, 1.82) is 0 Å². The fraction of sp³-hybridized carbons (Fsp3) is 0.611. The monoisotopic (exact) mass is 386 g/mol. The van der Waals surface area contributed by atoms with Gasteiger partial charge in [0.2, 0.25) is 5.91 Å². The Kier molecular flexibility index (Phi) is 6.36. The fourth-order valence-electron chi connectivity index (χ4n) is 3.53. The van der Waals surface area contributed by atoms with Gasteiger partial charge in [-0.25, -0.2) is 0 Å². The van der Waals surface area contributed by atoms with E-state index >= 15 is 0 Å². The number of hydrogen-bond acceptors (Lipinski definition) is 3. The summed E-state index contributed by atoms with van der Waals surface area (Å²) in [5, 5.41) is 1.04. The van der Waals surface area contributed by atoms with Crippen LogP contribution in [0.2, 0.25) is 10.0 Å². The first-order chi connectivity index (χ1) is 11.6. The molecule has 24 heavy (non-hydrogen) atoms. The van der Waals surface area contributed by atoms with Crippen molar-refractivity contribution in [2.75, 3.05) is 37.7 Å². The third-order valence-corrected chi connectivity index (χ3v) is 6.82. The van der Waals surface area contributed by atoms with E-state index in [4.69, 9.17) is 23.2 Å². The summed E-state index contributed by atoms with van der Waals surface area (Å²) in [5.41, 5.74) is 0.938. The molecule has 0 saturated carbocycles. The maximum Gasteiger partial charge on any atom is 0.230 e. The normalized spacial score (nSPS) is 23.5. The number of halogens is 2. The number of nitrogens with zero attached hydrogens (tertiary/aromatic N) is 2. The number of likely N-dealkylation sites (tertiary alicyclic amines) is 1. The van der Waals surface area contributed by atoms with Crippen molar-refractivity contribution in [3.63, 3.8) is 0 Å². The number of carbonyl (C=O) groups excluding carboxylic acids is 1. The first kappa shape index (κ1) is 18.4. The SMILES string of the molecule is CC(C(=O)N1CCSCC1CN1CCCC1)c1ccc(Cl)c(Cl)c1. The number of hydrogen-bond donors (Lipinski definition) is 0. The van der Waals surface area contributed by atoms with Gasteiger partial charge in [-0.1, -0.05) is 29.3 Å². The van der Waals surface area contributed by atoms with Crippen LogP contribution in [0.3, 0.4) is 0 Å². The third kappa shape index (κ3) is 4.21. The lowest BCUT2D eigenvalue weighted by Crippen LogP contribution is -2.52. The topological polar surface area (TPSA) is 23.6 Å². The van der Waals surface area contributed by atoms with Gasteiger partial charge in [-0.3, -0.25) is 4.79 Å². The van der Waals surface area contributed by atoms with Crippen molar-refractivity contribution in [3.8, 4) is 0 Å². The summed E-state index contributed by atoms with van der Waals surface area (Å²) in [6.45, 7) is 6.16. The van der Waals surface area contributed by atoms with Crippen LogP contribution in [0, 0.1) is 0 Å². The van der Waals surface area contributed by atoms with E-state index in [0.717, 1.165) is 30.2 Å². The van der Waals surface area contributed by atoms with Crippen molar-refractivity contribution >= 4 is 40.9 Å². The lowest BCUT2D eigenvalue weighted by atomic mass is 9.99. The zero-order valence-corrected chi connectivity index (χ0v) is 16.3. The van der Waals surface area contributed by atoms with Crippen LogP contribution in [0.15, 0.2) is 18.2 Å². The van der Waals surface area contributed by atoms with E-state index in [1.807, 2.05) is 30.8 Å². The maximum atomic E-state index is 13.1. The first-order valence-corrected chi connectivity index (χ1v) is 10.5. The summed E-state index contributed by atoms with van der Waals surface area (Å²) in [5.74, 6) is 2.08. The van der Waals surface area contributed by atoms with Gasteiger partial charge in [-0.15, -0.1) is 0 Å². The highest BCUT2D eigenvalue weighted by molar-refractivity contribution is 7.99. The van der Waals surface area contributed by atoms with Gasteiger partial charge in [-0.05, 0) is 50.6 Å². The lowest BCUT2D eigenvalue weighted by Gasteiger charge is -2.39. The summed E-state index contributed by atoms with van der Waals surface area (Å²) in [6.07, 6.45) is 2.57. The molecule has 2 aliphatic heterocycles. The molecule has 2 unspecified atom stereocenters. The van der Waals surface area contributed by atoms with Crippen LogP contribution in [-0.4, -0.2) is 59.4 Å². The molecule has 2 saturated heterocycles. The molecule has 0 aliphatic carbocycles. The van der Waals surface area contributed by atoms with Gasteiger partial charge in [0.1, 0.15) is 0 Å². The number of rotatable bonds is 4. The predicted octanol–water partition coefficient (Wildman–Crippen LogP) is 4.14. The van der Waals surface area contributed by atoms with Gasteiger partial charge in [0.25, 0.3) is 0 Å². The minimum absolute atomic E-state index is 0.191. The van der Waals surface area contributed by atoms with Gasteiger partial charge in [-0.2, -0.15) is 11.8 Å². The van der Waals surface area contributed by atoms with Crippen LogP contribution in [0.4, 0.5) is 0 Å². The lowest BCUT2D eigenvalue weighted by molar-refractivity contribution is -0.134. The van der Waals surface area contributed by atoms with E-state index in [1.54, 1.807) is 6.07 Å². The summed E-state index contributed by atoms with van der Waals surface area (Å²) < 4.78 is 0. The van der Waals surface area contributed by atoms with Crippen molar-refractivity contribution in [2.45, 2.75) is 31.7 Å². The summed E-state index contributed by atoms with van der Waals surface area (Å²) >= 11 is 14.1. The molecule has 0 N–H and O–H groups in total. The summed E-state index contributed by atoms with van der Waals surface area (Å²) in [7, 11) is 0. The molecule has 0 spiro atoms. The van der Waals surface area contributed by atoms with Crippen LogP contribution in [0.25, 0.3) is 0 Å². The average molecular weight is 387 g/mol. The highest BCUT2D eigenvalue weighted by atomic mass is 35.5. The second-order valence-corrected chi connectivity index (χ2v) is 8.63. The van der Waals surface area contributed by atoms with Gasteiger partial charge in [0.05, 0.1) is 22.0 Å². The molecule has 3 rings (SSSR count). The molecule has 2 atom stereocenters. The Labute approximate surface area is 158 Å². The van der Waals surface area contributed by atoms with Crippen LogP contribution in [-0.2, 0) is 4.79 Å². The molecular formula is C18H24Cl2N2OS. The maximum absolute atomic E-state index is 13.1. The Morgan fingerprint density at radius 3 is 2.71 bits per heavy atom. The molecule has 0 radical (unpaired) electrons. The molecule has 0 aromatic heterocycles. The Bertz CT molecular complexity index is 592. The van der Waals surface area contributed by atoms with Crippen molar-refractivity contribution < 1.29 is 4.79 Å². The minimum Gasteiger partial charge on any atom is -0.336 e. The van der Waals surface area contributed by atoms with Crippen molar-refractivity contribution in [1.82, 2.24) is 9.80 Å². The Morgan fingerprint density at radius 1 is 1.25 bits per heavy atom. The molecule has 132 valence electrons. The minimum atomic E-state index is -0.191. The van der Waals surface area contributed by atoms with E-state index in [1.165, 1.54) is 25.9 Å². The van der Waals surface area contributed by atoms with Crippen LogP contribution in [0.5, 0.6) is 0 Å². The van der Waals surface area contributed by atoms with Crippen LogP contribution >= 0.6 is 35.0 Å². The van der Waals surface area contributed by atoms with E-state index in [9.17, 15) is 4.79 Å². The number of benzene rings is 1. The summed E-state index contributed by atoms with van der Waals surface area (Å²) in [4.78, 5) is 17.7. The van der Waals surface area contributed by atoms with Crippen LogP contribution < -0.4 is 0 Å². The highest BCUT2D eigenvalue weighted by Gasteiger charge is 2.32. The second-order valence-electron chi connectivity index (χ2n) is 6.66. The third-order valence-electron chi connectivity index (χ3n) is 4.99. The Morgan fingerprint density at radius 2 is 2.00 bits per heavy atom. The zero-order valence-electron chi connectivity index (χ0n) is 14.0. The predicted molar refractivity (Wildman–Crippen MR) is 103 cm³/mol. The molecule has 1 aromatic carbocycles. The van der Waals surface area contributed by atoms with Gasteiger partial charge in [0, 0.05) is 24.6 Å². The first-order valence-electron chi connectivity index (χ1n) is 8.62. The fourth-order valence-corrected chi connectivity index (χ4v) is 4.89. The molecule has 0 bridgehead atoms. The van der Waals surface area contributed by atoms with Gasteiger partial charge in [0.15, 0.2) is 0 Å². The molecule has 2 heterocycles. The number of carbonyl (C=O) groups is 1. The Balaban J connectivity index is 1.71. The zero-order chi connectivity index (χ0) is 17.1. The van der Waals surface area contributed by atoms with E-state index in [0.29, 0.717) is 16.1 Å². The molecule has 1 amide bonds. The number of amides is 1. The second kappa shape index (κ2) is 8.31. The quantitative estimate of drug-likeness (QED) is 0.776. The number of thioether (sulfide) groups is 1. The average Bonchev–Trinajstić information content (AvgIpc) is 3.09. The molecular weight excluding hydrogens is 363 g/mol. The van der Waals surface area contributed by atoms with Crippen molar-refractivity contribution in [3.05, 3.63) is 33.8 Å².